The average Bonchev–Trinajstić information content (AvgIpc) is 1.89. The number of aliphatic hydroxyl groups is 1. The van der Waals surface area contributed by atoms with E-state index in [0.717, 1.165) is 0 Å². The van der Waals surface area contributed by atoms with Gasteiger partial charge in [-0.2, -0.15) is 0 Å². The van der Waals surface area contributed by atoms with Crippen molar-refractivity contribution in [3.63, 3.8) is 0 Å². The van der Waals surface area contributed by atoms with Crippen LogP contribution in [0.5, 0.6) is 0 Å². The third kappa shape index (κ3) is 2.58. The van der Waals surface area contributed by atoms with E-state index in [1.807, 2.05) is 0 Å². The minimum Gasteiger partial charge on any atom is -0.391 e. The number of rotatable bonds is 3. The monoisotopic (exact) mass is 131 g/mol. The number of aliphatic hydroxyl groups excluding tert-OH is 1. The molecule has 0 aromatic rings. The molecule has 0 aliphatic heterocycles. The Hall–Kier alpha value is -0.410. The average molecular weight is 131 g/mol. The van der Waals surface area contributed by atoms with Crippen molar-refractivity contribution in [2.75, 3.05) is 13.7 Å². The van der Waals surface area contributed by atoms with Gasteiger partial charge in [-0.1, -0.05) is 0 Å². The summed E-state index contributed by atoms with van der Waals surface area (Å²) in [5, 5.41) is 8.68. The van der Waals surface area contributed by atoms with Gasteiger partial charge in [0.05, 0.1) is 6.61 Å². The summed E-state index contributed by atoms with van der Waals surface area (Å²) < 4.78 is 4.88. The highest BCUT2D eigenvalue weighted by molar-refractivity contribution is 5.53. The number of aliphatic imine (C=N–C) groups is 1. The minimum absolute atomic E-state index is 0.0894. The second-order valence-corrected chi connectivity index (χ2v) is 1.92. The molecule has 9 heavy (non-hydrogen) atoms. The van der Waals surface area contributed by atoms with Crippen LogP contribution in [0.4, 0.5) is 0 Å². The van der Waals surface area contributed by atoms with Crippen LogP contribution < -0.4 is 0 Å². The molecule has 0 radical (unpaired) electrons. The van der Waals surface area contributed by atoms with Crippen molar-refractivity contribution < 1.29 is 9.84 Å². The summed E-state index contributed by atoms with van der Waals surface area (Å²) in [5.74, 6) is 0. The van der Waals surface area contributed by atoms with E-state index in [-0.39, 0.29) is 6.61 Å². The molecule has 1 unspecified atom stereocenters. The van der Waals surface area contributed by atoms with E-state index in [1.54, 1.807) is 20.1 Å². The summed E-state index contributed by atoms with van der Waals surface area (Å²) in [6.07, 6.45) is 1.61. The molecule has 1 N–H and O–H groups in total. The van der Waals surface area contributed by atoms with Crippen molar-refractivity contribution in [1.82, 2.24) is 0 Å². The number of hydrogen-bond acceptors (Lipinski definition) is 3. The third-order valence-corrected chi connectivity index (χ3v) is 1.14. The van der Waals surface area contributed by atoms with Gasteiger partial charge in [-0.05, 0) is 20.1 Å². The third-order valence-electron chi connectivity index (χ3n) is 1.14. The predicted molar refractivity (Wildman–Crippen MR) is 36.7 cm³/mol. The van der Waals surface area contributed by atoms with Gasteiger partial charge in [0.1, 0.15) is 0 Å². The summed E-state index contributed by atoms with van der Waals surface area (Å²) in [7, 11) is 1.52. The molecular weight excluding hydrogens is 118 g/mol. The second kappa shape index (κ2) is 3.58. The van der Waals surface area contributed by atoms with Crippen LogP contribution >= 0.6 is 0 Å². The molecule has 0 aromatic carbocycles. The molecule has 3 heteroatoms. The van der Waals surface area contributed by atoms with Crippen molar-refractivity contribution in [2.24, 2.45) is 4.99 Å². The summed E-state index contributed by atoms with van der Waals surface area (Å²) in [4.78, 5) is 3.90. The molecule has 0 fully saturated rings. The largest absolute Gasteiger partial charge is 0.391 e. The first-order valence-corrected chi connectivity index (χ1v) is 2.84. The molecule has 0 bridgehead atoms. The molecule has 3 nitrogen and oxygen atoms in total. The van der Waals surface area contributed by atoms with Crippen LogP contribution in [0.1, 0.15) is 13.8 Å². The zero-order chi connectivity index (χ0) is 7.33. The number of hydrogen-bond donors (Lipinski definition) is 1. The lowest BCUT2D eigenvalue weighted by Crippen LogP contribution is -2.29. The maximum Gasteiger partial charge on any atom is 0.178 e. The van der Waals surface area contributed by atoms with Crippen LogP contribution in [-0.4, -0.2) is 30.8 Å². The van der Waals surface area contributed by atoms with E-state index >= 15 is 0 Å². The summed E-state index contributed by atoms with van der Waals surface area (Å²) in [6.45, 7) is 3.41. The van der Waals surface area contributed by atoms with Crippen molar-refractivity contribution >= 4 is 6.21 Å². The first kappa shape index (κ1) is 8.59. The van der Waals surface area contributed by atoms with Gasteiger partial charge in [0.2, 0.25) is 0 Å². The molecule has 0 amide bonds. The Morgan fingerprint density at radius 1 is 1.78 bits per heavy atom. The SMILES string of the molecule is CC=NC(C)(CO)OC. The lowest BCUT2D eigenvalue weighted by molar-refractivity contribution is -0.0298. The highest BCUT2D eigenvalue weighted by Crippen LogP contribution is 2.07. The van der Waals surface area contributed by atoms with Gasteiger partial charge in [0.25, 0.3) is 0 Å². The molecule has 0 aliphatic rings. The van der Waals surface area contributed by atoms with Crippen molar-refractivity contribution in [2.45, 2.75) is 19.6 Å². The number of ether oxygens (including phenoxy) is 1. The van der Waals surface area contributed by atoms with Gasteiger partial charge in [0, 0.05) is 7.11 Å². The summed E-state index contributed by atoms with van der Waals surface area (Å²) in [6, 6.07) is 0. The van der Waals surface area contributed by atoms with E-state index in [1.165, 1.54) is 7.11 Å². The fourth-order valence-corrected chi connectivity index (χ4v) is 0.431. The fraction of sp³-hybridized carbons (Fsp3) is 0.833. The maximum atomic E-state index is 8.68. The van der Waals surface area contributed by atoms with E-state index in [2.05, 4.69) is 4.99 Å². The molecular formula is C6H13NO2. The lowest BCUT2D eigenvalue weighted by Gasteiger charge is -2.19. The minimum atomic E-state index is -0.741. The number of methoxy groups -OCH3 is 1. The van der Waals surface area contributed by atoms with E-state index in [0.29, 0.717) is 0 Å². The zero-order valence-electron chi connectivity index (χ0n) is 6.09. The van der Waals surface area contributed by atoms with Gasteiger partial charge in [0.15, 0.2) is 5.72 Å². The Balaban J connectivity index is 3.92. The molecule has 0 aliphatic carbocycles. The molecule has 0 heterocycles. The van der Waals surface area contributed by atoms with Crippen LogP contribution in [0.2, 0.25) is 0 Å². The maximum absolute atomic E-state index is 8.68. The van der Waals surface area contributed by atoms with Crippen LogP contribution in [0, 0.1) is 0 Å². The van der Waals surface area contributed by atoms with Crippen LogP contribution in [0.15, 0.2) is 4.99 Å². The molecule has 0 saturated heterocycles. The van der Waals surface area contributed by atoms with Gasteiger partial charge in [-0.15, -0.1) is 0 Å². The smallest absolute Gasteiger partial charge is 0.178 e. The van der Waals surface area contributed by atoms with Crippen molar-refractivity contribution in [1.29, 1.82) is 0 Å². The van der Waals surface area contributed by atoms with Crippen molar-refractivity contribution in [3.8, 4) is 0 Å². The standard InChI is InChI=1S/C6H13NO2/c1-4-7-6(2,5-8)9-3/h4,8H,5H2,1-3H3. The highest BCUT2D eigenvalue weighted by atomic mass is 16.5. The quantitative estimate of drug-likeness (QED) is 0.564. The Labute approximate surface area is 55.4 Å². The van der Waals surface area contributed by atoms with Crippen LogP contribution in [-0.2, 0) is 4.74 Å². The van der Waals surface area contributed by atoms with Gasteiger partial charge >= 0.3 is 0 Å². The van der Waals surface area contributed by atoms with Crippen LogP contribution in [0.3, 0.4) is 0 Å². The normalized spacial score (nSPS) is 18.2. The molecule has 0 spiro atoms. The highest BCUT2D eigenvalue weighted by Gasteiger charge is 2.18. The van der Waals surface area contributed by atoms with E-state index in [9.17, 15) is 0 Å². The fourth-order valence-electron chi connectivity index (χ4n) is 0.431. The Bertz CT molecular complexity index is 97.2. The van der Waals surface area contributed by atoms with E-state index in [4.69, 9.17) is 9.84 Å². The Morgan fingerprint density at radius 2 is 2.33 bits per heavy atom. The van der Waals surface area contributed by atoms with Gasteiger partial charge in [-0.3, -0.25) is 4.99 Å². The van der Waals surface area contributed by atoms with Gasteiger partial charge < -0.3 is 9.84 Å². The molecule has 54 valence electrons. The predicted octanol–water partition coefficient (Wildman–Crippen LogP) is 0.432. The van der Waals surface area contributed by atoms with Crippen LogP contribution in [0.25, 0.3) is 0 Å². The molecule has 0 rings (SSSR count). The number of nitrogens with zero attached hydrogens (tertiary/aromatic N) is 1. The Kier molecular flexibility index (Phi) is 3.42. The second-order valence-electron chi connectivity index (χ2n) is 1.92. The Morgan fingerprint density at radius 3 is 2.44 bits per heavy atom. The topological polar surface area (TPSA) is 41.8 Å². The molecule has 0 saturated carbocycles. The van der Waals surface area contributed by atoms with E-state index < -0.39 is 5.72 Å². The first-order valence-electron chi connectivity index (χ1n) is 2.84. The summed E-state index contributed by atoms with van der Waals surface area (Å²) in [5.41, 5.74) is -0.741. The summed E-state index contributed by atoms with van der Waals surface area (Å²) >= 11 is 0. The van der Waals surface area contributed by atoms with Crippen molar-refractivity contribution in [3.05, 3.63) is 0 Å². The molecule has 0 aromatic heterocycles. The van der Waals surface area contributed by atoms with Gasteiger partial charge in [-0.25, -0.2) is 0 Å². The molecule has 1 atom stereocenters. The first-order chi connectivity index (χ1) is 4.18. The zero-order valence-corrected chi connectivity index (χ0v) is 6.09. The lowest BCUT2D eigenvalue weighted by atomic mass is 10.3.